The second-order valence-electron chi connectivity index (χ2n) is 4.54. The van der Waals surface area contributed by atoms with Gasteiger partial charge in [0.2, 0.25) is 5.95 Å². The van der Waals surface area contributed by atoms with Gasteiger partial charge in [0.1, 0.15) is 5.52 Å². The Labute approximate surface area is 113 Å². The standard InChI is InChI=1S/C14H11N5O/c1-8-6-10-11(7-15-8)17-13(16-10)19-14-18-9-4-2-3-5-12(9)20-14/h2-7H,1H3,(H2,16,17,18,19). The molecule has 0 fully saturated rings. The highest BCUT2D eigenvalue weighted by Gasteiger charge is 2.08. The highest BCUT2D eigenvalue weighted by atomic mass is 16.4. The van der Waals surface area contributed by atoms with Crippen LogP contribution in [0, 0.1) is 6.92 Å². The molecule has 0 aliphatic rings. The van der Waals surface area contributed by atoms with Gasteiger partial charge in [0, 0.05) is 5.69 Å². The Balaban J connectivity index is 1.72. The Morgan fingerprint density at radius 1 is 1.15 bits per heavy atom. The topological polar surface area (TPSA) is 79.6 Å². The van der Waals surface area contributed by atoms with Gasteiger partial charge < -0.3 is 9.40 Å². The summed E-state index contributed by atoms with van der Waals surface area (Å²) in [4.78, 5) is 16.1. The van der Waals surface area contributed by atoms with Crippen molar-refractivity contribution in [3.05, 3.63) is 42.2 Å². The maximum atomic E-state index is 5.59. The number of nitrogens with zero attached hydrogens (tertiary/aromatic N) is 3. The number of para-hydroxylation sites is 2. The zero-order valence-electron chi connectivity index (χ0n) is 10.7. The molecule has 1 aromatic carbocycles. The van der Waals surface area contributed by atoms with E-state index in [4.69, 9.17) is 4.42 Å². The fraction of sp³-hybridized carbons (Fsp3) is 0.0714. The normalized spacial score (nSPS) is 11.2. The summed E-state index contributed by atoms with van der Waals surface area (Å²) in [6.07, 6.45) is 1.76. The first-order valence-electron chi connectivity index (χ1n) is 6.23. The number of fused-ring (bicyclic) bond motifs is 2. The van der Waals surface area contributed by atoms with Crippen molar-refractivity contribution in [2.45, 2.75) is 6.92 Å². The van der Waals surface area contributed by atoms with Crippen molar-refractivity contribution < 1.29 is 4.42 Å². The lowest BCUT2D eigenvalue weighted by molar-refractivity contribution is 0.622. The number of rotatable bonds is 2. The van der Waals surface area contributed by atoms with Crippen LogP contribution in [0.5, 0.6) is 0 Å². The van der Waals surface area contributed by atoms with Gasteiger partial charge in [0.05, 0.1) is 17.2 Å². The first-order chi connectivity index (χ1) is 9.78. The van der Waals surface area contributed by atoms with E-state index in [0.717, 1.165) is 27.8 Å². The van der Waals surface area contributed by atoms with Crippen LogP contribution < -0.4 is 5.32 Å². The molecule has 0 atom stereocenters. The van der Waals surface area contributed by atoms with Gasteiger partial charge >= 0.3 is 6.01 Å². The zero-order chi connectivity index (χ0) is 13.5. The molecule has 0 aliphatic carbocycles. The van der Waals surface area contributed by atoms with Crippen LogP contribution in [0.4, 0.5) is 12.0 Å². The predicted molar refractivity (Wildman–Crippen MR) is 75.9 cm³/mol. The smallest absolute Gasteiger partial charge is 0.302 e. The van der Waals surface area contributed by atoms with Gasteiger partial charge in [-0.25, -0.2) is 4.98 Å². The summed E-state index contributed by atoms with van der Waals surface area (Å²) in [6.45, 7) is 1.93. The minimum absolute atomic E-state index is 0.412. The molecular formula is C14H11N5O. The van der Waals surface area contributed by atoms with Crippen LogP contribution in [0.2, 0.25) is 0 Å². The fourth-order valence-corrected chi connectivity index (χ4v) is 2.10. The monoisotopic (exact) mass is 265 g/mol. The minimum atomic E-state index is 0.412. The molecule has 0 aliphatic heterocycles. The molecule has 2 N–H and O–H groups in total. The number of aromatic amines is 1. The molecule has 20 heavy (non-hydrogen) atoms. The Kier molecular flexibility index (Phi) is 2.23. The van der Waals surface area contributed by atoms with E-state index in [1.165, 1.54) is 0 Å². The molecule has 98 valence electrons. The molecule has 0 saturated carbocycles. The first kappa shape index (κ1) is 11.0. The number of H-pyrrole nitrogens is 1. The van der Waals surface area contributed by atoms with Gasteiger partial charge in [-0.1, -0.05) is 12.1 Å². The van der Waals surface area contributed by atoms with Crippen molar-refractivity contribution in [3.63, 3.8) is 0 Å². The van der Waals surface area contributed by atoms with E-state index in [2.05, 4.69) is 25.3 Å². The van der Waals surface area contributed by atoms with E-state index in [9.17, 15) is 0 Å². The highest BCUT2D eigenvalue weighted by Crippen LogP contribution is 2.22. The van der Waals surface area contributed by atoms with Crippen molar-refractivity contribution >= 4 is 34.1 Å². The third-order valence-corrected chi connectivity index (χ3v) is 3.02. The molecule has 0 amide bonds. The van der Waals surface area contributed by atoms with Gasteiger partial charge in [-0.2, -0.15) is 4.98 Å². The lowest BCUT2D eigenvalue weighted by atomic mass is 10.3. The van der Waals surface area contributed by atoms with Gasteiger partial charge in [-0.15, -0.1) is 0 Å². The van der Waals surface area contributed by atoms with E-state index >= 15 is 0 Å². The molecule has 0 bridgehead atoms. The number of benzene rings is 1. The number of aryl methyl sites for hydroxylation is 1. The van der Waals surface area contributed by atoms with Crippen LogP contribution in [-0.4, -0.2) is 19.9 Å². The van der Waals surface area contributed by atoms with Crippen molar-refractivity contribution in [1.82, 2.24) is 19.9 Å². The van der Waals surface area contributed by atoms with Gasteiger partial charge in [-0.05, 0) is 25.1 Å². The number of hydrogen-bond donors (Lipinski definition) is 2. The Hall–Kier alpha value is -2.89. The largest absolute Gasteiger partial charge is 0.423 e. The molecule has 6 nitrogen and oxygen atoms in total. The van der Waals surface area contributed by atoms with Crippen molar-refractivity contribution in [2.75, 3.05) is 5.32 Å². The number of hydrogen-bond acceptors (Lipinski definition) is 5. The van der Waals surface area contributed by atoms with E-state index in [1.807, 2.05) is 37.3 Å². The Morgan fingerprint density at radius 2 is 2.05 bits per heavy atom. The molecule has 0 radical (unpaired) electrons. The number of nitrogens with one attached hydrogen (secondary N) is 2. The van der Waals surface area contributed by atoms with Crippen LogP contribution in [0.1, 0.15) is 5.69 Å². The maximum Gasteiger partial charge on any atom is 0.302 e. The summed E-state index contributed by atoms with van der Waals surface area (Å²) in [7, 11) is 0. The van der Waals surface area contributed by atoms with Crippen LogP contribution in [-0.2, 0) is 0 Å². The third-order valence-electron chi connectivity index (χ3n) is 3.02. The number of oxazole rings is 1. The average Bonchev–Trinajstić information content (AvgIpc) is 3.00. The number of anilines is 2. The predicted octanol–water partition coefficient (Wildman–Crippen LogP) is 3.15. The van der Waals surface area contributed by atoms with Crippen LogP contribution >= 0.6 is 0 Å². The molecule has 0 saturated heterocycles. The molecule has 0 spiro atoms. The van der Waals surface area contributed by atoms with E-state index in [1.54, 1.807) is 6.20 Å². The lowest BCUT2D eigenvalue weighted by Gasteiger charge is -1.93. The fourth-order valence-electron chi connectivity index (χ4n) is 2.10. The van der Waals surface area contributed by atoms with E-state index < -0.39 is 0 Å². The number of pyridine rings is 1. The lowest BCUT2D eigenvalue weighted by Crippen LogP contribution is -1.91. The van der Waals surface area contributed by atoms with E-state index in [0.29, 0.717) is 12.0 Å². The second kappa shape index (κ2) is 4.06. The Morgan fingerprint density at radius 3 is 2.95 bits per heavy atom. The number of aromatic nitrogens is 4. The second-order valence-corrected chi connectivity index (χ2v) is 4.54. The quantitative estimate of drug-likeness (QED) is 0.582. The van der Waals surface area contributed by atoms with Crippen molar-refractivity contribution in [2.24, 2.45) is 0 Å². The molecule has 6 heteroatoms. The van der Waals surface area contributed by atoms with Crippen LogP contribution in [0.15, 0.2) is 40.9 Å². The SMILES string of the molecule is Cc1cc2nc(Nc3nc4ccccc4o3)[nH]c2cn1. The summed E-state index contributed by atoms with van der Waals surface area (Å²) in [5.74, 6) is 0.582. The summed E-state index contributed by atoms with van der Waals surface area (Å²) in [6, 6.07) is 9.94. The summed E-state index contributed by atoms with van der Waals surface area (Å²) < 4.78 is 5.59. The van der Waals surface area contributed by atoms with Crippen molar-refractivity contribution in [1.29, 1.82) is 0 Å². The van der Waals surface area contributed by atoms with Crippen LogP contribution in [0.25, 0.3) is 22.1 Å². The maximum absolute atomic E-state index is 5.59. The molecule has 0 unspecified atom stereocenters. The molecule has 4 rings (SSSR count). The van der Waals surface area contributed by atoms with E-state index in [-0.39, 0.29) is 0 Å². The first-order valence-corrected chi connectivity index (χ1v) is 6.23. The minimum Gasteiger partial charge on any atom is -0.423 e. The van der Waals surface area contributed by atoms with Gasteiger partial charge in [0.25, 0.3) is 0 Å². The Bertz CT molecular complexity index is 875. The molecule has 4 aromatic rings. The number of imidazole rings is 1. The highest BCUT2D eigenvalue weighted by molar-refractivity contribution is 5.78. The summed E-state index contributed by atoms with van der Waals surface area (Å²) in [5.41, 5.74) is 4.20. The average molecular weight is 265 g/mol. The zero-order valence-corrected chi connectivity index (χ0v) is 10.7. The third kappa shape index (κ3) is 1.78. The van der Waals surface area contributed by atoms with Gasteiger partial charge in [-0.3, -0.25) is 10.3 Å². The molecule has 3 aromatic heterocycles. The summed E-state index contributed by atoms with van der Waals surface area (Å²) >= 11 is 0. The van der Waals surface area contributed by atoms with Crippen molar-refractivity contribution in [3.8, 4) is 0 Å². The van der Waals surface area contributed by atoms with Crippen LogP contribution in [0.3, 0.4) is 0 Å². The molecule has 3 heterocycles. The molecular weight excluding hydrogens is 254 g/mol. The summed E-state index contributed by atoms with van der Waals surface area (Å²) in [5, 5.41) is 3.03. The van der Waals surface area contributed by atoms with Gasteiger partial charge in [0.15, 0.2) is 5.58 Å².